The summed E-state index contributed by atoms with van der Waals surface area (Å²) in [6.07, 6.45) is 4.75. The van der Waals surface area contributed by atoms with Gasteiger partial charge in [-0.05, 0) is 31.6 Å². The van der Waals surface area contributed by atoms with Gasteiger partial charge in [0.15, 0.2) is 10.8 Å². The van der Waals surface area contributed by atoms with E-state index in [1.807, 2.05) is 0 Å². The topological polar surface area (TPSA) is 62.2 Å². The molecule has 1 saturated carbocycles. The number of anilines is 1. The molecule has 1 atom stereocenters. The van der Waals surface area contributed by atoms with E-state index in [4.69, 9.17) is 5.11 Å². The summed E-state index contributed by atoms with van der Waals surface area (Å²) in [4.78, 5) is 15.9. The number of rotatable bonds is 3. The van der Waals surface area contributed by atoms with Gasteiger partial charge in [-0.1, -0.05) is 20.3 Å². The third-order valence-corrected chi connectivity index (χ3v) is 4.43. The van der Waals surface area contributed by atoms with Crippen LogP contribution in [0.3, 0.4) is 0 Å². The number of carbonyl (C=O) groups is 1. The molecule has 0 bridgehead atoms. The van der Waals surface area contributed by atoms with Gasteiger partial charge < -0.3 is 10.4 Å². The first-order valence-corrected chi connectivity index (χ1v) is 7.16. The number of aromatic carboxylic acids is 1. The van der Waals surface area contributed by atoms with E-state index in [-0.39, 0.29) is 5.69 Å². The second-order valence-corrected chi connectivity index (χ2v) is 7.03. The van der Waals surface area contributed by atoms with Crippen LogP contribution >= 0.6 is 11.3 Å². The van der Waals surface area contributed by atoms with E-state index >= 15 is 0 Å². The van der Waals surface area contributed by atoms with Crippen LogP contribution in [0.15, 0.2) is 0 Å². The Morgan fingerprint density at radius 1 is 1.56 bits per heavy atom. The average Bonchev–Trinajstić information content (AvgIpc) is 2.58. The van der Waals surface area contributed by atoms with E-state index in [1.54, 1.807) is 6.92 Å². The Bertz CT molecular complexity index is 454. The van der Waals surface area contributed by atoms with E-state index in [0.717, 1.165) is 22.9 Å². The molecular formula is C13H20N2O2S. The number of carboxylic acids is 1. The fourth-order valence-corrected chi connectivity index (χ4v) is 3.53. The zero-order valence-electron chi connectivity index (χ0n) is 11.1. The highest BCUT2D eigenvalue weighted by atomic mass is 32.1. The summed E-state index contributed by atoms with van der Waals surface area (Å²) < 4.78 is 0. The van der Waals surface area contributed by atoms with Gasteiger partial charge in [0.05, 0.1) is 0 Å². The van der Waals surface area contributed by atoms with Crippen molar-refractivity contribution in [3.8, 4) is 0 Å². The maximum Gasteiger partial charge on any atom is 0.355 e. The maximum absolute atomic E-state index is 10.9. The van der Waals surface area contributed by atoms with E-state index in [9.17, 15) is 4.79 Å². The lowest BCUT2D eigenvalue weighted by atomic mass is 9.75. The smallest absolute Gasteiger partial charge is 0.355 e. The zero-order chi connectivity index (χ0) is 13.3. The molecule has 4 nitrogen and oxygen atoms in total. The number of thiazole rings is 1. The summed E-state index contributed by atoms with van der Waals surface area (Å²) in [5, 5.41) is 13.1. The van der Waals surface area contributed by atoms with Crippen LogP contribution in [0, 0.1) is 12.3 Å². The summed E-state index contributed by atoms with van der Waals surface area (Å²) in [6.45, 7) is 6.38. The van der Waals surface area contributed by atoms with E-state index in [1.165, 1.54) is 24.2 Å². The minimum absolute atomic E-state index is 0.178. The molecule has 5 heteroatoms. The Labute approximate surface area is 111 Å². The summed E-state index contributed by atoms with van der Waals surface area (Å²) in [5.41, 5.74) is 0.551. The Hall–Kier alpha value is -1.10. The molecule has 1 heterocycles. The predicted molar refractivity (Wildman–Crippen MR) is 73.5 cm³/mol. The molecule has 0 saturated heterocycles. The highest BCUT2D eigenvalue weighted by Gasteiger charge is 2.28. The van der Waals surface area contributed by atoms with Crippen LogP contribution in [0.5, 0.6) is 0 Å². The van der Waals surface area contributed by atoms with Crippen molar-refractivity contribution in [2.24, 2.45) is 5.41 Å². The molecule has 1 aromatic rings. The van der Waals surface area contributed by atoms with Crippen LogP contribution in [-0.2, 0) is 0 Å². The molecule has 0 radical (unpaired) electrons. The molecule has 18 heavy (non-hydrogen) atoms. The number of nitrogens with zero attached hydrogens (tertiary/aromatic N) is 1. The first kappa shape index (κ1) is 13.3. The number of carboxylic acid groups (broad SMARTS) is 1. The number of nitrogens with one attached hydrogen (secondary N) is 1. The molecule has 1 aliphatic rings. The van der Waals surface area contributed by atoms with Gasteiger partial charge in [-0.15, -0.1) is 11.3 Å². The van der Waals surface area contributed by atoms with Gasteiger partial charge >= 0.3 is 5.97 Å². The first-order valence-electron chi connectivity index (χ1n) is 6.35. The molecule has 0 aliphatic heterocycles. The standard InChI is InChI=1S/C13H20N2O2S/c1-8-10(11(16)17)15-12(18-8)14-9-5-4-6-13(2,3)7-9/h9H,4-7H2,1-3H3,(H,14,15)(H,16,17). The summed E-state index contributed by atoms with van der Waals surface area (Å²) in [7, 11) is 0. The molecule has 1 fully saturated rings. The molecule has 0 aromatic carbocycles. The van der Waals surface area contributed by atoms with E-state index in [2.05, 4.69) is 24.1 Å². The molecule has 1 aliphatic carbocycles. The average molecular weight is 268 g/mol. The fourth-order valence-electron chi connectivity index (χ4n) is 2.65. The molecule has 2 rings (SSSR count). The third-order valence-electron chi connectivity index (χ3n) is 3.53. The quantitative estimate of drug-likeness (QED) is 0.880. The number of hydrogen-bond donors (Lipinski definition) is 2. The molecule has 1 unspecified atom stereocenters. The van der Waals surface area contributed by atoms with Crippen molar-refractivity contribution in [2.45, 2.75) is 52.5 Å². The minimum Gasteiger partial charge on any atom is -0.476 e. The van der Waals surface area contributed by atoms with Gasteiger partial charge in [0.25, 0.3) is 0 Å². The third kappa shape index (κ3) is 3.02. The summed E-state index contributed by atoms with van der Waals surface area (Å²) in [5.74, 6) is -0.944. The highest BCUT2D eigenvalue weighted by Crippen LogP contribution is 2.37. The van der Waals surface area contributed by atoms with Crippen LogP contribution in [-0.4, -0.2) is 22.1 Å². The summed E-state index contributed by atoms with van der Waals surface area (Å²) >= 11 is 1.43. The van der Waals surface area contributed by atoms with Crippen molar-refractivity contribution in [3.05, 3.63) is 10.6 Å². The molecule has 0 amide bonds. The second-order valence-electron chi connectivity index (χ2n) is 5.83. The van der Waals surface area contributed by atoms with Gasteiger partial charge in [-0.25, -0.2) is 9.78 Å². The van der Waals surface area contributed by atoms with Gasteiger partial charge in [-0.3, -0.25) is 0 Å². The molecule has 2 N–H and O–H groups in total. The Morgan fingerprint density at radius 2 is 2.28 bits per heavy atom. The van der Waals surface area contributed by atoms with Crippen LogP contribution in [0.2, 0.25) is 0 Å². The lowest BCUT2D eigenvalue weighted by Crippen LogP contribution is -2.31. The van der Waals surface area contributed by atoms with E-state index < -0.39 is 5.97 Å². The monoisotopic (exact) mass is 268 g/mol. The molecule has 0 spiro atoms. The Morgan fingerprint density at radius 3 is 2.83 bits per heavy atom. The van der Waals surface area contributed by atoms with Crippen LogP contribution < -0.4 is 5.32 Å². The van der Waals surface area contributed by atoms with Crippen LogP contribution in [0.4, 0.5) is 5.13 Å². The van der Waals surface area contributed by atoms with Crippen molar-refractivity contribution in [3.63, 3.8) is 0 Å². The van der Waals surface area contributed by atoms with Crippen molar-refractivity contribution in [2.75, 3.05) is 5.32 Å². The van der Waals surface area contributed by atoms with Gasteiger partial charge in [-0.2, -0.15) is 0 Å². The number of aryl methyl sites for hydroxylation is 1. The van der Waals surface area contributed by atoms with Crippen molar-refractivity contribution in [1.82, 2.24) is 4.98 Å². The molecule has 100 valence electrons. The largest absolute Gasteiger partial charge is 0.476 e. The predicted octanol–water partition coefficient (Wildman–Crippen LogP) is 3.53. The first-order chi connectivity index (χ1) is 8.37. The zero-order valence-corrected chi connectivity index (χ0v) is 11.9. The SMILES string of the molecule is Cc1sc(NC2CCCC(C)(C)C2)nc1C(=O)O. The maximum atomic E-state index is 10.9. The highest BCUT2D eigenvalue weighted by molar-refractivity contribution is 7.15. The minimum atomic E-state index is -0.944. The molecular weight excluding hydrogens is 248 g/mol. The second kappa shape index (κ2) is 4.88. The van der Waals surface area contributed by atoms with Crippen molar-refractivity contribution in [1.29, 1.82) is 0 Å². The fraction of sp³-hybridized carbons (Fsp3) is 0.692. The lowest BCUT2D eigenvalue weighted by Gasteiger charge is -2.35. The van der Waals surface area contributed by atoms with Crippen molar-refractivity contribution < 1.29 is 9.90 Å². The Kier molecular flexibility index (Phi) is 3.61. The lowest BCUT2D eigenvalue weighted by molar-refractivity contribution is 0.0690. The van der Waals surface area contributed by atoms with Gasteiger partial charge in [0, 0.05) is 10.9 Å². The van der Waals surface area contributed by atoms with E-state index in [0.29, 0.717) is 11.5 Å². The number of hydrogen-bond acceptors (Lipinski definition) is 4. The van der Waals surface area contributed by atoms with Crippen molar-refractivity contribution >= 4 is 22.4 Å². The van der Waals surface area contributed by atoms with Crippen LogP contribution in [0.25, 0.3) is 0 Å². The Balaban J connectivity index is 2.05. The van der Waals surface area contributed by atoms with Gasteiger partial charge in [0.2, 0.25) is 0 Å². The van der Waals surface area contributed by atoms with Gasteiger partial charge in [0.1, 0.15) is 0 Å². The van der Waals surface area contributed by atoms with Crippen LogP contribution in [0.1, 0.15) is 54.9 Å². The molecule has 1 aromatic heterocycles. The summed E-state index contributed by atoms with van der Waals surface area (Å²) in [6, 6.07) is 0.418. The normalized spacial score (nSPS) is 22.7. The number of aromatic nitrogens is 1.